The van der Waals surface area contributed by atoms with E-state index < -0.39 is 10.8 Å². The second kappa shape index (κ2) is 5.20. The summed E-state index contributed by atoms with van der Waals surface area (Å²) in [7, 11) is -1.04. The average Bonchev–Trinajstić information content (AvgIpc) is 2.84. The lowest BCUT2D eigenvalue weighted by Crippen LogP contribution is -2.38. The highest BCUT2D eigenvalue weighted by Gasteiger charge is 2.18. The predicted octanol–water partition coefficient (Wildman–Crippen LogP) is 1.81. The average molecular weight is 263 g/mol. The molecule has 2 N–H and O–H groups in total. The standard InChI is InChI=1S/C13H17N3OS/c17-18(9-10-5-3-4-8-14-10)13-15-11-6-1-2-7-12(11)16-13/h1-2,6-7,10,14H,3-5,8-9H2,(H,15,16)/t10-,18+/m1/s1. The Balaban J connectivity index is 1.74. The Hall–Kier alpha value is -1.20. The van der Waals surface area contributed by atoms with E-state index in [1.807, 2.05) is 24.3 Å². The third kappa shape index (κ3) is 2.47. The molecule has 2 atom stereocenters. The van der Waals surface area contributed by atoms with Crippen molar-refractivity contribution in [3.05, 3.63) is 24.3 Å². The molecule has 0 amide bonds. The zero-order valence-electron chi connectivity index (χ0n) is 10.2. The van der Waals surface area contributed by atoms with Crippen molar-refractivity contribution < 1.29 is 4.21 Å². The first kappa shape index (κ1) is 11.9. The SMILES string of the molecule is O=[S@@](C[C@H]1CCCCN1)c1nc2ccccc2[nH]1. The second-order valence-electron chi connectivity index (χ2n) is 4.72. The number of piperidine rings is 1. The largest absolute Gasteiger partial charge is 0.331 e. The van der Waals surface area contributed by atoms with Gasteiger partial charge in [-0.25, -0.2) is 4.98 Å². The zero-order valence-corrected chi connectivity index (χ0v) is 11.0. The normalized spacial score (nSPS) is 22.1. The number of hydrogen-bond donors (Lipinski definition) is 2. The van der Waals surface area contributed by atoms with E-state index in [1.165, 1.54) is 12.8 Å². The molecule has 4 nitrogen and oxygen atoms in total. The Morgan fingerprint density at radius 3 is 3.00 bits per heavy atom. The molecule has 1 aromatic carbocycles. The number of aromatic nitrogens is 2. The van der Waals surface area contributed by atoms with Gasteiger partial charge in [0.05, 0.1) is 21.8 Å². The fourth-order valence-electron chi connectivity index (χ4n) is 2.37. The summed E-state index contributed by atoms with van der Waals surface area (Å²) in [5.41, 5.74) is 1.84. The molecule has 0 radical (unpaired) electrons. The van der Waals surface area contributed by atoms with Gasteiger partial charge in [-0.15, -0.1) is 0 Å². The molecule has 18 heavy (non-hydrogen) atoms. The van der Waals surface area contributed by atoms with Crippen LogP contribution in [0.2, 0.25) is 0 Å². The van der Waals surface area contributed by atoms with Gasteiger partial charge in [-0.05, 0) is 31.5 Å². The first-order valence-electron chi connectivity index (χ1n) is 6.39. The summed E-state index contributed by atoms with van der Waals surface area (Å²) < 4.78 is 12.3. The molecule has 1 aromatic heterocycles. The van der Waals surface area contributed by atoms with E-state index in [0.717, 1.165) is 24.0 Å². The molecule has 1 aliphatic heterocycles. The lowest BCUT2D eigenvalue weighted by atomic mass is 10.1. The summed E-state index contributed by atoms with van der Waals surface area (Å²) in [5, 5.41) is 4.02. The van der Waals surface area contributed by atoms with Crippen molar-refractivity contribution >= 4 is 21.8 Å². The summed E-state index contributed by atoms with van der Waals surface area (Å²) in [6, 6.07) is 8.16. The van der Waals surface area contributed by atoms with Gasteiger partial charge in [0, 0.05) is 11.8 Å². The van der Waals surface area contributed by atoms with Crippen LogP contribution in [-0.2, 0) is 10.8 Å². The van der Waals surface area contributed by atoms with Crippen molar-refractivity contribution in [3.8, 4) is 0 Å². The van der Waals surface area contributed by atoms with Crippen LogP contribution in [0.5, 0.6) is 0 Å². The van der Waals surface area contributed by atoms with E-state index in [0.29, 0.717) is 17.0 Å². The van der Waals surface area contributed by atoms with Crippen LogP contribution in [-0.4, -0.2) is 32.5 Å². The van der Waals surface area contributed by atoms with Gasteiger partial charge in [0.25, 0.3) is 0 Å². The lowest BCUT2D eigenvalue weighted by Gasteiger charge is -2.22. The van der Waals surface area contributed by atoms with Crippen LogP contribution in [0.1, 0.15) is 19.3 Å². The molecule has 0 aliphatic carbocycles. The van der Waals surface area contributed by atoms with Crippen molar-refractivity contribution in [3.63, 3.8) is 0 Å². The van der Waals surface area contributed by atoms with Crippen molar-refractivity contribution in [2.75, 3.05) is 12.3 Å². The fourth-order valence-corrected chi connectivity index (χ4v) is 3.60. The highest BCUT2D eigenvalue weighted by Crippen LogP contribution is 2.15. The summed E-state index contributed by atoms with van der Waals surface area (Å²) in [4.78, 5) is 7.54. The molecule has 2 heterocycles. The lowest BCUT2D eigenvalue weighted by molar-refractivity contribution is 0.427. The van der Waals surface area contributed by atoms with E-state index in [-0.39, 0.29) is 0 Å². The van der Waals surface area contributed by atoms with Crippen molar-refractivity contribution in [1.82, 2.24) is 15.3 Å². The molecule has 0 bridgehead atoms. The van der Waals surface area contributed by atoms with Gasteiger partial charge in [0.1, 0.15) is 0 Å². The van der Waals surface area contributed by atoms with Crippen LogP contribution >= 0.6 is 0 Å². The van der Waals surface area contributed by atoms with Gasteiger partial charge in [-0.1, -0.05) is 18.6 Å². The van der Waals surface area contributed by atoms with Gasteiger partial charge in [0.15, 0.2) is 5.16 Å². The number of para-hydroxylation sites is 2. The molecule has 2 aromatic rings. The van der Waals surface area contributed by atoms with Crippen LogP contribution in [0.3, 0.4) is 0 Å². The van der Waals surface area contributed by atoms with Crippen molar-refractivity contribution in [2.45, 2.75) is 30.5 Å². The van der Waals surface area contributed by atoms with E-state index in [1.54, 1.807) is 0 Å². The van der Waals surface area contributed by atoms with Crippen molar-refractivity contribution in [2.24, 2.45) is 0 Å². The molecule has 0 unspecified atom stereocenters. The van der Waals surface area contributed by atoms with Gasteiger partial charge < -0.3 is 10.3 Å². The van der Waals surface area contributed by atoms with Gasteiger partial charge in [-0.3, -0.25) is 4.21 Å². The van der Waals surface area contributed by atoms with E-state index in [9.17, 15) is 4.21 Å². The summed E-state index contributed by atoms with van der Waals surface area (Å²) in [6.07, 6.45) is 3.58. The van der Waals surface area contributed by atoms with E-state index in [4.69, 9.17) is 0 Å². The highest BCUT2D eigenvalue weighted by molar-refractivity contribution is 7.84. The van der Waals surface area contributed by atoms with Crippen LogP contribution in [0.15, 0.2) is 29.4 Å². The number of imidazole rings is 1. The van der Waals surface area contributed by atoms with Gasteiger partial charge in [0.2, 0.25) is 0 Å². The number of H-pyrrole nitrogens is 1. The summed E-state index contributed by atoms with van der Waals surface area (Å²) >= 11 is 0. The van der Waals surface area contributed by atoms with Crippen molar-refractivity contribution in [1.29, 1.82) is 0 Å². The molecule has 1 fully saturated rings. The number of benzene rings is 1. The highest BCUT2D eigenvalue weighted by atomic mass is 32.2. The molecular weight excluding hydrogens is 246 g/mol. The zero-order chi connectivity index (χ0) is 12.4. The molecule has 1 saturated heterocycles. The number of fused-ring (bicyclic) bond motifs is 1. The Morgan fingerprint density at radius 1 is 1.33 bits per heavy atom. The number of aromatic amines is 1. The van der Waals surface area contributed by atoms with Crippen LogP contribution < -0.4 is 5.32 Å². The van der Waals surface area contributed by atoms with Gasteiger partial charge in [-0.2, -0.15) is 0 Å². The van der Waals surface area contributed by atoms with E-state index in [2.05, 4.69) is 15.3 Å². The summed E-state index contributed by atoms with van der Waals surface area (Å²) in [5.74, 6) is 0.653. The molecule has 1 aliphatic rings. The topological polar surface area (TPSA) is 57.8 Å². The summed E-state index contributed by atoms with van der Waals surface area (Å²) in [6.45, 7) is 1.04. The first-order valence-corrected chi connectivity index (χ1v) is 7.71. The third-order valence-corrected chi connectivity index (χ3v) is 4.68. The minimum atomic E-state index is -1.04. The Morgan fingerprint density at radius 2 is 2.22 bits per heavy atom. The molecular formula is C13H17N3OS. The minimum absolute atomic E-state index is 0.368. The maximum Gasteiger partial charge on any atom is 0.197 e. The maximum atomic E-state index is 12.3. The second-order valence-corrected chi connectivity index (χ2v) is 6.13. The molecule has 3 rings (SSSR count). The maximum absolute atomic E-state index is 12.3. The Bertz CT molecular complexity index is 527. The third-order valence-electron chi connectivity index (χ3n) is 3.35. The number of rotatable bonds is 3. The van der Waals surface area contributed by atoms with E-state index >= 15 is 0 Å². The van der Waals surface area contributed by atoms with Gasteiger partial charge >= 0.3 is 0 Å². The molecule has 96 valence electrons. The predicted molar refractivity (Wildman–Crippen MR) is 73.0 cm³/mol. The molecule has 5 heteroatoms. The Kier molecular flexibility index (Phi) is 3.43. The number of nitrogens with one attached hydrogen (secondary N) is 2. The fraction of sp³-hybridized carbons (Fsp3) is 0.462. The molecule has 0 saturated carbocycles. The minimum Gasteiger partial charge on any atom is -0.331 e. The number of hydrogen-bond acceptors (Lipinski definition) is 3. The monoisotopic (exact) mass is 263 g/mol. The quantitative estimate of drug-likeness (QED) is 0.888. The first-order chi connectivity index (χ1) is 8.83. The smallest absolute Gasteiger partial charge is 0.197 e. The molecule has 0 spiro atoms. The number of nitrogens with zero attached hydrogens (tertiary/aromatic N) is 1. The Labute approximate surface area is 109 Å². The van der Waals surface area contributed by atoms with Crippen LogP contribution in [0.4, 0.5) is 0 Å². The van der Waals surface area contributed by atoms with Crippen LogP contribution in [0, 0.1) is 0 Å². The van der Waals surface area contributed by atoms with Crippen LogP contribution in [0.25, 0.3) is 11.0 Å².